The quantitative estimate of drug-likeness (QED) is 0.466. The van der Waals surface area contributed by atoms with Crippen LogP contribution < -0.4 is 0 Å². The lowest BCUT2D eigenvalue weighted by Gasteiger charge is -2.16. The minimum absolute atomic E-state index is 0.130. The van der Waals surface area contributed by atoms with E-state index in [4.69, 9.17) is 5.11 Å². The fourth-order valence-corrected chi connectivity index (χ4v) is 0.560. The first-order chi connectivity index (χ1) is 5.22. The van der Waals surface area contributed by atoms with Gasteiger partial charge in [-0.15, -0.1) is 0 Å². The summed E-state index contributed by atoms with van der Waals surface area (Å²) in [6, 6.07) is 0. The second-order valence-corrected chi connectivity index (χ2v) is 2.13. The molecule has 0 amide bonds. The van der Waals surface area contributed by atoms with Crippen molar-refractivity contribution in [3.05, 3.63) is 24.6 Å². The Morgan fingerprint density at radius 3 is 2.82 bits per heavy atom. The Kier molecular flexibility index (Phi) is 5.11. The van der Waals surface area contributed by atoms with Gasteiger partial charge in [-0.05, 0) is 12.8 Å². The molecular formula is C8H14N2O. The fourth-order valence-electron chi connectivity index (χ4n) is 0.560. The second-order valence-electron chi connectivity index (χ2n) is 2.13. The van der Waals surface area contributed by atoms with Crippen molar-refractivity contribution in [2.45, 2.75) is 0 Å². The van der Waals surface area contributed by atoms with E-state index < -0.39 is 0 Å². The minimum Gasteiger partial charge on any atom is -0.395 e. The Morgan fingerprint density at radius 1 is 1.73 bits per heavy atom. The van der Waals surface area contributed by atoms with Crippen LogP contribution in [0.15, 0.2) is 29.5 Å². The van der Waals surface area contributed by atoms with Crippen molar-refractivity contribution in [1.29, 1.82) is 0 Å². The molecule has 0 aliphatic carbocycles. The molecule has 0 aliphatic heterocycles. The molecule has 11 heavy (non-hydrogen) atoms. The van der Waals surface area contributed by atoms with Gasteiger partial charge in [-0.25, -0.2) is 0 Å². The summed E-state index contributed by atoms with van der Waals surface area (Å²) in [6.45, 7) is 7.76. The largest absolute Gasteiger partial charge is 0.395 e. The molecule has 0 unspecified atom stereocenters. The first-order valence-corrected chi connectivity index (χ1v) is 3.35. The van der Waals surface area contributed by atoms with Gasteiger partial charge in [-0.1, -0.05) is 6.58 Å². The highest BCUT2D eigenvalue weighted by molar-refractivity contribution is 5.27. The topological polar surface area (TPSA) is 35.8 Å². The Labute approximate surface area is 67.4 Å². The van der Waals surface area contributed by atoms with E-state index in [0.29, 0.717) is 6.54 Å². The summed E-state index contributed by atoms with van der Waals surface area (Å²) >= 11 is 0. The maximum atomic E-state index is 8.57. The number of likely N-dealkylation sites (N-methyl/N-ethyl adjacent to an activating group) is 1. The number of aliphatic hydroxyl groups is 1. The summed E-state index contributed by atoms with van der Waals surface area (Å²) in [5.74, 6) is 0. The first kappa shape index (κ1) is 9.91. The van der Waals surface area contributed by atoms with Gasteiger partial charge >= 0.3 is 0 Å². The third-order valence-corrected chi connectivity index (χ3v) is 1.30. The normalized spacial score (nSPS) is 10.0. The Morgan fingerprint density at radius 2 is 2.36 bits per heavy atom. The minimum atomic E-state index is 0.130. The van der Waals surface area contributed by atoms with Gasteiger partial charge in [0.25, 0.3) is 0 Å². The zero-order chi connectivity index (χ0) is 8.69. The lowest BCUT2D eigenvalue weighted by atomic mass is 10.4. The number of aliphatic hydroxyl groups excluding tert-OH is 1. The molecule has 0 aromatic rings. The summed E-state index contributed by atoms with van der Waals surface area (Å²) in [5, 5.41) is 8.57. The third kappa shape index (κ3) is 4.33. The molecule has 0 rings (SSSR count). The smallest absolute Gasteiger partial charge is 0.0606 e. The van der Waals surface area contributed by atoms with Crippen LogP contribution in [0.5, 0.6) is 0 Å². The summed E-state index contributed by atoms with van der Waals surface area (Å²) < 4.78 is 0. The van der Waals surface area contributed by atoms with Gasteiger partial charge in [-0.2, -0.15) is 0 Å². The number of hydrogen-bond donors (Lipinski definition) is 1. The average Bonchev–Trinajstić information content (AvgIpc) is 2.00. The van der Waals surface area contributed by atoms with Gasteiger partial charge < -0.3 is 10.0 Å². The average molecular weight is 154 g/mol. The maximum Gasteiger partial charge on any atom is 0.0606 e. The first-order valence-electron chi connectivity index (χ1n) is 3.35. The maximum absolute atomic E-state index is 8.57. The van der Waals surface area contributed by atoms with Crippen LogP contribution in [-0.4, -0.2) is 36.9 Å². The molecule has 0 saturated carbocycles. The molecule has 0 spiro atoms. The van der Waals surface area contributed by atoms with E-state index in [1.54, 1.807) is 12.3 Å². The van der Waals surface area contributed by atoms with Gasteiger partial charge in [-0.3, -0.25) is 4.99 Å². The van der Waals surface area contributed by atoms with Gasteiger partial charge in [0.15, 0.2) is 0 Å². The molecule has 1 N–H and O–H groups in total. The molecule has 0 bridgehead atoms. The molecule has 0 atom stereocenters. The van der Waals surface area contributed by atoms with E-state index >= 15 is 0 Å². The molecule has 0 aromatic carbocycles. The summed E-state index contributed by atoms with van der Waals surface area (Å²) in [7, 11) is 1.85. The highest BCUT2D eigenvalue weighted by Gasteiger charge is 1.94. The van der Waals surface area contributed by atoms with Crippen LogP contribution in [0.1, 0.15) is 0 Å². The molecule has 0 radical (unpaired) electrons. The van der Waals surface area contributed by atoms with Crippen molar-refractivity contribution in [2.24, 2.45) is 4.99 Å². The van der Waals surface area contributed by atoms with Crippen molar-refractivity contribution >= 4 is 6.72 Å². The standard InChI is InChI=1S/C8H14N2O/c1-8(4-5-9-2)10(3)6-7-11/h4-5,11H,1-2,6-7H2,3H3. The highest BCUT2D eigenvalue weighted by Crippen LogP contribution is 1.98. The molecular weight excluding hydrogens is 140 g/mol. The summed E-state index contributed by atoms with van der Waals surface area (Å²) in [6.07, 6.45) is 3.30. The number of allylic oxidation sites excluding steroid dienone is 1. The van der Waals surface area contributed by atoms with Crippen molar-refractivity contribution < 1.29 is 5.11 Å². The van der Waals surface area contributed by atoms with Crippen molar-refractivity contribution in [2.75, 3.05) is 20.2 Å². The van der Waals surface area contributed by atoms with E-state index in [1.165, 1.54) is 0 Å². The van der Waals surface area contributed by atoms with Crippen molar-refractivity contribution in [3.63, 3.8) is 0 Å². The van der Waals surface area contributed by atoms with Crippen LogP contribution in [0.2, 0.25) is 0 Å². The SMILES string of the molecule is C=NC=CC(=C)N(C)CCO. The lowest BCUT2D eigenvalue weighted by molar-refractivity contribution is 0.249. The molecule has 0 aromatic heterocycles. The van der Waals surface area contributed by atoms with Crippen LogP contribution >= 0.6 is 0 Å². The Hall–Kier alpha value is -1.09. The van der Waals surface area contributed by atoms with E-state index in [2.05, 4.69) is 18.3 Å². The summed E-state index contributed by atoms with van der Waals surface area (Å²) in [4.78, 5) is 5.37. The number of aliphatic imine (C=N–C) groups is 1. The van der Waals surface area contributed by atoms with Gasteiger partial charge in [0.2, 0.25) is 0 Å². The number of nitrogens with zero attached hydrogens (tertiary/aromatic N) is 2. The molecule has 3 heteroatoms. The van der Waals surface area contributed by atoms with Crippen LogP contribution in [0, 0.1) is 0 Å². The van der Waals surface area contributed by atoms with E-state index in [9.17, 15) is 0 Å². The van der Waals surface area contributed by atoms with E-state index in [1.807, 2.05) is 11.9 Å². The molecule has 0 fully saturated rings. The van der Waals surface area contributed by atoms with Crippen LogP contribution in [0.25, 0.3) is 0 Å². The van der Waals surface area contributed by atoms with Gasteiger partial charge in [0.05, 0.1) is 6.61 Å². The Bertz CT molecular complexity index is 163. The molecule has 0 aliphatic rings. The second kappa shape index (κ2) is 5.68. The van der Waals surface area contributed by atoms with Crippen molar-refractivity contribution in [3.8, 4) is 0 Å². The zero-order valence-corrected chi connectivity index (χ0v) is 6.82. The van der Waals surface area contributed by atoms with Crippen molar-refractivity contribution in [1.82, 2.24) is 4.90 Å². The van der Waals surface area contributed by atoms with Crippen LogP contribution in [0.3, 0.4) is 0 Å². The van der Waals surface area contributed by atoms with Crippen LogP contribution in [0.4, 0.5) is 0 Å². The zero-order valence-electron chi connectivity index (χ0n) is 6.82. The highest BCUT2D eigenvalue weighted by atomic mass is 16.3. The molecule has 0 saturated heterocycles. The van der Waals surface area contributed by atoms with E-state index in [-0.39, 0.29) is 6.61 Å². The third-order valence-electron chi connectivity index (χ3n) is 1.30. The predicted octanol–water partition coefficient (Wildman–Crippen LogP) is 0.639. The molecule has 62 valence electrons. The number of hydrogen-bond acceptors (Lipinski definition) is 3. The summed E-state index contributed by atoms with van der Waals surface area (Å²) in [5.41, 5.74) is 0.812. The van der Waals surface area contributed by atoms with Crippen LogP contribution in [-0.2, 0) is 0 Å². The molecule has 3 nitrogen and oxygen atoms in total. The van der Waals surface area contributed by atoms with E-state index in [0.717, 1.165) is 5.70 Å². The lowest BCUT2D eigenvalue weighted by Crippen LogP contribution is -2.19. The number of rotatable bonds is 5. The molecule has 0 heterocycles. The van der Waals surface area contributed by atoms with Gasteiger partial charge in [0.1, 0.15) is 0 Å². The Balaban J connectivity index is 3.81. The van der Waals surface area contributed by atoms with Gasteiger partial charge in [0, 0.05) is 25.5 Å². The monoisotopic (exact) mass is 154 g/mol. The fraction of sp³-hybridized carbons (Fsp3) is 0.375. The predicted molar refractivity (Wildman–Crippen MR) is 47.5 cm³/mol.